The van der Waals surface area contributed by atoms with Crippen molar-refractivity contribution < 1.29 is 9.58 Å². The van der Waals surface area contributed by atoms with Crippen LogP contribution in [0.4, 0.5) is 0 Å². The third-order valence-electron chi connectivity index (χ3n) is 1.78. The summed E-state index contributed by atoms with van der Waals surface area (Å²) in [4.78, 5) is 17.7. The second-order valence-electron chi connectivity index (χ2n) is 2.61. The van der Waals surface area contributed by atoms with Crippen molar-refractivity contribution in [3.05, 3.63) is 40.4 Å². The summed E-state index contributed by atoms with van der Waals surface area (Å²) in [7, 11) is 0. The van der Waals surface area contributed by atoms with E-state index in [1.807, 2.05) is 6.07 Å². The molecule has 4 heteroatoms. The van der Waals surface area contributed by atoms with Gasteiger partial charge in [0.25, 0.3) is 0 Å². The van der Waals surface area contributed by atoms with Gasteiger partial charge in [0.1, 0.15) is 0 Å². The number of carbonyl (C=O) groups is 1. The van der Waals surface area contributed by atoms with E-state index in [9.17, 15) is 4.79 Å². The van der Waals surface area contributed by atoms with Gasteiger partial charge in [0.15, 0.2) is 0 Å². The topological polar surface area (TPSA) is 65.8 Å². The Bertz CT molecular complexity index is 538. The molecule has 0 aliphatic carbocycles. The zero-order chi connectivity index (χ0) is 9.26. The lowest BCUT2D eigenvalue weighted by molar-refractivity contribution is -0.115. The molecule has 0 bridgehead atoms. The second-order valence-corrected chi connectivity index (χ2v) is 2.61. The van der Waals surface area contributed by atoms with Crippen LogP contribution in [-0.4, -0.2) is 16.4 Å². The Hall–Kier alpha value is -2.06. The van der Waals surface area contributed by atoms with Gasteiger partial charge in [0.2, 0.25) is 0 Å². The molecule has 0 N–H and O–H groups in total. The predicted molar refractivity (Wildman–Crippen MR) is 45.3 cm³/mol. The lowest BCUT2D eigenvalue weighted by Gasteiger charge is -1.92. The molecular formula is C9H5N3O. The molecule has 0 saturated heterocycles. The van der Waals surface area contributed by atoms with Crippen molar-refractivity contribution in [1.82, 2.24) is 0 Å². The first kappa shape index (κ1) is 7.58. The third-order valence-corrected chi connectivity index (χ3v) is 1.78. The molecule has 1 heterocycles. The highest BCUT2D eigenvalue weighted by atomic mass is 16.1. The molecule has 0 radical (unpaired) electrons. The average Bonchev–Trinajstić information content (AvgIpc) is 2.17. The largest absolute Gasteiger partial charge is 0.382 e. The Labute approximate surface area is 73.5 Å². The summed E-state index contributed by atoms with van der Waals surface area (Å²) in [5, 5.41) is 1.40. The fourth-order valence-corrected chi connectivity index (χ4v) is 1.16. The number of fused-ring (bicyclic) bond motifs is 1. The van der Waals surface area contributed by atoms with Crippen molar-refractivity contribution in [2.75, 3.05) is 0 Å². The first-order valence-electron chi connectivity index (χ1n) is 3.73. The zero-order valence-corrected chi connectivity index (χ0v) is 6.64. The summed E-state index contributed by atoms with van der Waals surface area (Å²) < 4.78 is 0. The van der Waals surface area contributed by atoms with Crippen molar-refractivity contribution in [3.8, 4) is 0 Å². The Balaban J connectivity index is 2.88. The number of amides is 1. The zero-order valence-electron chi connectivity index (χ0n) is 6.64. The fourth-order valence-electron chi connectivity index (χ4n) is 1.16. The number of para-hydroxylation sites is 1. The molecule has 13 heavy (non-hydrogen) atoms. The van der Waals surface area contributed by atoms with Crippen LogP contribution in [0.3, 0.4) is 0 Å². The number of rotatable bonds is 0. The quantitative estimate of drug-likeness (QED) is 0.376. The highest BCUT2D eigenvalue weighted by Gasteiger charge is 2.18. The highest BCUT2D eigenvalue weighted by molar-refractivity contribution is 6.48. The third kappa shape index (κ3) is 1.19. The van der Waals surface area contributed by atoms with E-state index < -0.39 is 5.91 Å². The van der Waals surface area contributed by atoms with E-state index in [1.54, 1.807) is 18.2 Å². The summed E-state index contributed by atoms with van der Waals surface area (Å²) in [6.07, 6.45) is 1.50. The van der Waals surface area contributed by atoms with E-state index in [-0.39, 0.29) is 5.71 Å². The van der Waals surface area contributed by atoms with Gasteiger partial charge in [-0.25, -0.2) is 4.99 Å². The number of nitrogens with zero attached hydrogens (tertiary/aromatic N) is 3. The van der Waals surface area contributed by atoms with E-state index in [0.29, 0.717) is 5.36 Å². The molecule has 62 valence electrons. The van der Waals surface area contributed by atoms with Crippen molar-refractivity contribution in [1.29, 1.82) is 0 Å². The molecule has 1 aliphatic heterocycles. The monoisotopic (exact) mass is 171 g/mol. The van der Waals surface area contributed by atoms with Crippen LogP contribution in [0.25, 0.3) is 11.6 Å². The van der Waals surface area contributed by atoms with Gasteiger partial charge in [-0.2, -0.15) is 4.79 Å². The van der Waals surface area contributed by atoms with Gasteiger partial charge in [-0.15, -0.1) is 0 Å². The van der Waals surface area contributed by atoms with Gasteiger partial charge in [-0.3, -0.25) is 4.79 Å². The van der Waals surface area contributed by atoms with Crippen LogP contribution < -0.4 is 10.6 Å². The molecule has 1 aliphatic rings. The van der Waals surface area contributed by atoms with Crippen LogP contribution in [0.15, 0.2) is 29.3 Å². The molecule has 2 rings (SSSR count). The second kappa shape index (κ2) is 2.77. The Morgan fingerprint density at radius 2 is 2.08 bits per heavy atom. The molecule has 0 spiro atoms. The fraction of sp³-hybridized carbons (Fsp3) is 0. The molecule has 1 aromatic carbocycles. The van der Waals surface area contributed by atoms with Crippen LogP contribution in [0.1, 0.15) is 0 Å². The van der Waals surface area contributed by atoms with Gasteiger partial charge in [0, 0.05) is 11.3 Å². The summed E-state index contributed by atoms with van der Waals surface area (Å²) in [5.41, 5.74) is 8.43. The molecule has 0 saturated carbocycles. The first-order chi connectivity index (χ1) is 6.31. The lowest BCUT2D eigenvalue weighted by atomic mass is 10.2. The summed E-state index contributed by atoms with van der Waals surface area (Å²) in [6.45, 7) is 0. The molecule has 0 aromatic heterocycles. The van der Waals surface area contributed by atoms with E-state index in [2.05, 4.69) is 9.78 Å². The minimum Gasteiger partial charge on any atom is -0.361 e. The standard InChI is InChI=1S/C9H5N3O/c10-12-8-5-6-3-1-2-4-7(6)11-9(8)13/h1-5H. The van der Waals surface area contributed by atoms with Crippen molar-refractivity contribution >= 4 is 17.7 Å². The van der Waals surface area contributed by atoms with Crippen LogP contribution in [0, 0.1) is 0 Å². The minimum absolute atomic E-state index is 0.0290. The van der Waals surface area contributed by atoms with E-state index in [1.165, 1.54) is 6.08 Å². The predicted octanol–water partition coefficient (Wildman–Crippen LogP) is -0.702. The first-order valence-corrected chi connectivity index (χ1v) is 3.73. The van der Waals surface area contributed by atoms with Gasteiger partial charge in [-0.05, 0) is 6.07 Å². The van der Waals surface area contributed by atoms with Crippen molar-refractivity contribution in [2.24, 2.45) is 4.99 Å². The summed E-state index contributed by atoms with van der Waals surface area (Å²) >= 11 is 0. The number of benzene rings is 1. The van der Waals surface area contributed by atoms with Crippen LogP contribution in [-0.2, 0) is 4.79 Å². The van der Waals surface area contributed by atoms with E-state index in [0.717, 1.165) is 5.22 Å². The maximum Gasteiger partial charge on any atom is 0.382 e. The number of hydrogen-bond acceptors (Lipinski definition) is 1. The molecule has 0 atom stereocenters. The van der Waals surface area contributed by atoms with E-state index in [4.69, 9.17) is 5.53 Å². The molecule has 0 fully saturated rings. The Morgan fingerprint density at radius 3 is 2.85 bits per heavy atom. The maximum absolute atomic E-state index is 11.1. The Kier molecular flexibility index (Phi) is 1.61. The molecule has 4 nitrogen and oxygen atoms in total. The van der Waals surface area contributed by atoms with Crippen molar-refractivity contribution in [2.45, 2.75) is 0 Å². The average molecular weight is 171 g/mol. The molecular weight excluding hydrogens is 166 g/mol. The summed E-state index contributed by atoms with van der Waals surface area (Å²) in [5.74, 6) is -0.513. The lowest BCUT2D eigenvalue weighted by Crippen LogP contribution is -2.33. The van der Waals surface area contributed by atoms with E-state index >= 15 is 0 Å². The molecule has 1 amide bonds. The Morgan fingerprint density at radius 1 is 1.31 bits per heavy atom. The van der Waals surface area contributed by atoms with Crippen LogP contribution in [0.2, 0.25) is 0 Å². The van der Waals surface area contributed by atoms with Gasteiger partial charge >= 0.3 is 11.6 Å². The normalized spacial score (nSPS) is 13.8. The van der Waals surface area contributed by atoms with Crippen LogP contribution in [0.5, 0.6) is 0 Å². The molecule has 0 unspecified atom stereocenters. The smallest absolute Gasteiger partial charge is 0.361 e. The van der Waals surface area contributed by atoms with Crippen LogP contribution >= 0.6 is 0 Å². The van der Waals surface area contributed by atoms with Gasteiger partial charge in [0.05, 0.1) is 5.36 Å². The molecule has 1 aromatic rings. The maximum atomic E-state index is 11.1. The summed E-state index contributed by atoms with van der Waals surface area (Å²) in [6, 6.07) is 7.16. The van der Waals surface area contributed by atoms with Crippen molar-refractivity contribution in [3.63, 3.8) is 0 Å². The minimum atomic E-state index is -0.513. The SMILES string of the molecule is [N-]=[N+]=C1C=c2ccccc2=NC1=O. The highest BCUT2D eigenvalue weighted by Crippen LogP contribution is 1.85. The van der Waals surface area contributed by atoms with Gasteiger partial charge in [-0.1, -0.05) is 18.2 Å². The number of carbonyl (C=O) groups excluding carboxylic acids is 1. The van der Waals surface area contributed by atoms with Gasteiger partial charge < -0.3 is 5.53 Å². The number of hydrogen-bond donors (Lipinski definition) is 0.